The molecule has 0 saturated carbocycles. The van der Waals surface area contributed by atoms with Gasteiger partial charge in [-0.3, -0.25) is 0 Å². The van der Waals surface area contributed by atoms with Gasteiger partial charge in [0.05, 0.1) is 11.4 Å². The van der Waals surface area contributed by atoms with E-state index in [9.17, 15) is 0 Å². The van der Waals surface area contributed by atoms with Gasteiger partial charge >= 0.3 is 0 Å². The second kappa shape index (κ2) is 4.96. The third-order valence-corrected chi connectivity index (χ3v) is 3.77. The molecule has 3 heteroatoms. The van der Waals surface area contributed by atoms with Crippen LogP contribution in [0.3, 0.4) is 0 Å². The van der Waals surface area contributed by atoms with Crippen molar-refractivity contribution in [2.45, 2.75) is 25.8 Å². The van der Waals surface area contributed by atoms with Crippen LogP contribution in [0.1, 0.15) is 18.9 Å². The van der Waals surface area contributed by atoms with Crippen LogP contribution in [0.25, 0.3) is 0 Å². The number of fused-ring (bicyclic) bond motifs is 1. The molecule has 94 valence electrons. The number of likely N-dealkylation sites (N-methyl/N-ethyl adjacent to an activating group) is 2. The molecular weight excluding hydrogens is 210 g/mol. The summed E-state index contributed by atoms with van der Waals surface area (Å²) in [6.07, 6.45) is 2.14. The summed E-state index contributed by atoms with van der Waals surface area (Å²) in [7, 11) is 4.38. The van der Waals surface area contributed by atoms with Crippen molar-refractivity contribution in [3.63, 3.8) is 0 Å². The first-order valence-electron chi connectivity index (χ1n) is 6.45. The molecule has 1 heterocycles. The third kappa shape index (κ3) is 2.12. The van der Waals surface area contributed by atoms with Crippen LogP contribution >= 0.6 is 0 Å². The molecule has 1 aliphatic heterocycles. The standard InChI is InChI=1S/C14H23N3/c1-4-11-6-5-7-13-14(11)16(2)10-12(8-9-15)17(13)3/h5-7,12H,4,8-10,15H2,1-3H3. The molecule has 1 aromatic rings. The average Bonchev–Trinajstić information content (AvgIpc) is 2.35. The smallest absolute Gasteiger partial charge is 0.0634 e. The molecule has 1 aromatic carbocycles. The van der Waals surface area contributed by atoms with Crippen molar-refractivity contribution in [3.05, 3.63) is 23.8 Å². The Morgan fingerprint density at radius 3 is 2.76 bits per heavy atom. The first-order valence-corrected chi connectivity index (χ1v) is 6.45. The van der Waals surface area contributed by atoms with Crippen molar-refractivity contribution in [1.82, 2.24) is 0 Å². The molecule has 3 nitrogen and oxygen atoms in total. The molecule has 17 heavy (non-hydrogen) atoms. The Labute approximate surface area is 104 Å². The largest absolute Gasteiger partial charge is 0.371 e. The zero-order chi connectivity index (χ0) is 12.4. The van der Waals surface area contributed by atoms with E-state index in [0.717, 1.165) is 25.9 Å². The Kier molecular flexibility index (Phi) is 3.57. The number of hydrogen-bond donors (Lipinski definition) is 1. The van der Waals surface area contributed by atoms with Gasteiger partial charge in [0.15, 0.2) is 0 Å². The first-order chi connectivity index (χ1) is 8.19. The van der Waals surface area contributed by atoms with E-state index in [0.29, 0.717) is 6.04 Å². The van der Waals surface area contributed by atoms with Crippen LogP contribution in [0.5, 0.6) is 0 Å². The number of para-hydroxylation sites is 1. The molecule has 2 rings (SSSR count). The van der Waals surface area contributed by atoms with Gasteiger partial charge in [-0.25, -0.2) is 0 Å². The van der Waals surface area contributed by atoms with Gasteiger partial charge in [0.2, 0.25) is 0 Å². The number of nitrogens with zero attached hydrogens (tertiary/aromatic N) is 2. The lowest BCUT2D eigenvalue weighted by Crippen LogP contribution is -2.47. The molecule has 2 N–H and O–H groups in total. The Hall–Kier alpha value is -1.22. The zero-order valence-corrected chi connectivity index (χ0v) is 11.1. The van der Waals surface area contributed by atoms with E-state index in [-0.39, 0.29) is 0 Å². The van der Waals surface area contributed by atoms with Crippen LogP contribution in [0, 0.1) is 0 Å². The van der Waals surface area contributed by atoms with Gasteiger partial charge in [0.25, 0.3) is 0 Å². The Morgan fingerprint density at radius 1 is 1.35 bits per heavy atom. The number of nitrogens with two attached hydrogens (primary N) is 1. The maximum Gasteiger partial charge on any atom is 0.0634 e. The van der Waals surface area contributed by atoms with E-state index < -0.39 is 0 Å². The second-order valence-corrected chi connectivity index (χ2v) is 4.86. The number of aryl methyl sites for hydroxylation is 1. The minimum Gasteiger partial charge on any atom is -0.371 e. The van der Waals surface area contributed by atoms with Gasteiger partial charge in [0, 0.05) is 26.7 Å². The SMILES string of the molecule is CCc1cccc2c1N(C)CC(CCN)N2C. The summed E-state index contributed by atoms with van der Waals surface area (Å²) >= 11 is 0. The van der Waals surface area contributed by atoms with Crippen molar-refractivity contribution in [2.75, 3.05) is 37.0 Å². The fraction of sp³-hybridized carbons (Fsp3) is 0.571. The molecule has 0 amide bonds. The average molecular weight is 233 g/mol. The predicted octanol–water partition coefficient (Wildman–Crippen LogP) is 1.85. The predicted molar refractivity (Wildman–Crippen MR) is 75.0 cm³/mol. The number of benzene rings is 1. The normalized spacial score (nSPS) is 19.4. The van der Waals surface area contributed by atoms with Gasteiger partial charge in [0.1, 0.15) is 0 Å². The summed E-state index contributed by atoms with van der Waals surface area (Å²) in [6.45, 7) is 4.04. The molecule has 0 aliphatic carbocycles. The number of anilines is 2. The summed E-state index contributed by atoms with van der Waals surface area (Å²) in [5.74, 6) is 0. The summed E-state index contributed by atoms with van der Waals surface area (Å²) in [5, 5.41) is 0. The van der Waals surface area contributed by atoms with E-state index in [1.54, 1.807) is 0 Å². The summed E-state index contributed by atoms with van der Waals surface area (Å²) in [4.78, 5) is 4.77. The molecular formula is C14H23N3. The summed E-state index contributed by atoms with van der Waals surface area (Å²) < 4.78 is 0. The lowest BCUT2D eigenvalue weighted by atomic mass is 10.0. The Bertz CT molecular complexity index is 389. The first kappa shape index (κ1) is 12.2. The minimum absolute atomic E-state index is 0.532. The van der Waals surface area contributed by atoms with E-state index in [4.69, 9.17) is 5.73 Å². The quantitative estimate of drug-likeness (QED) is 0.865. The van der Waals surface area contributed by atoms with Crippen LogP contribution in [-0.4, -0.2) is 33.2 Å². The topological polar surface area (TPSA) is 32.5 Å². The van der Waals surface area contributed by atoms with Crippen molar-refractivity contribution in [2.24, 2.45) is 5.73 Å². The Morgan fingerprint density at radius 2 is 2.12 bits per heavy atom. The summed E-state index contributed by atoms with van der Waals surface area (Å²) in [6, 6.07) is 7.14. The fourth-order valence-corrected chi connectivity index (χ4v) is 2.79. The van der Waals surface area contributed by atoms with Crippen LogP contribution < -0.4 is 15.5 Å². The highest BCUT2D eigenvalue weighted by Crippen LogP contribution is 2.37. The maximum absolute atomic E-state index is 5.70. The molecule has 1 atom stereocenters. The van der Waals surface area contributed by atoms with Gasteiger partial charge in [-0.15, -0.1) is 0 Å². The number of rotatable bonds is 3. The van der Waals surface area contributed by atoms with Crippen molar-refractivity contribution in [3.8, 4) is 0 Å². The molecule has 0 radical (unpaired) electrons. The summed E-state index contributed by atoms with van der Waals surface area (Å²) in [5.41, 5.74) is 9.87. The number of hydrogen-bond acceptors (Lipinski definition) is 3. The molecule has 0 saturated heterocycles. The van der Waals surface area contributed by atoms with Gasteiger partial charge in [-0.2, -0.15) is 0 Å². The highest BCUT2D eigenvalue weighted by molar-refractivity contribution is 5.77. The zero-order valence-electron chi connectivity index (χ0n) is 11.1. The monoisotopic (exact) mass is 233 g/mol. The third-order valence-electron chi connectivity index (χ3n) is 3.77. The van der Waals surface area contributed by atoms with Crippen molar-refractivity contribution in [1.29, 1.82) is 0 Å². The molecule has 0 aromatic heterocycles. The van der Waals surface area contributed by atoms with Crippen LogP contribution in [-0.2, 0) is 6.42 Å². The molecule has 0 bridgehead atoms. The van der Waals surface area contributed by atoms with Gasteiger partial charge in [-0.1, -0.05) is 19.1 Å². The van der Waals surface area contributed by atoms with Crippen LogP contribution in [0.4, 0.5) is 11.4 Å². The Balaban J connectivity index is 2.40. The highest BCUT2D eigenvalue weighted by atomic mass is 15.3. The molecule has 1 unspecified atom stereocenters. The molecule has 0 spiro atoms. The van der Waals surface area contributed by atoms with E-state index in [1.165, 1.54) is 16.9 Å². The van der Waals surface area contributed by atoms with Crippen LogP contribution in [0.2, 0.25) is 0 Å². The van der Waals surface area contributed by atoms with E-state index in [1.807, 2.05) is 0 Å². The highest BCUT2D eigenvalue weighted by Gasteiger charge is 2.27. The van der Waals surface area contributed by atoms with Crippen molar-refractivity contribution >= 4 is 11.4 Å². The molecule has 1 aliphatic rings. The lowest BCUT2D eigenvalue weighted by Gasteiger charge is -2.42. The maximum atomic E-state index is 5.70. The molecule has 0 fully saturated rings. The van der Waals surface area contributed by atoms with Crippen LogP contribution in [0.15, 0.2) is 18.2 Å². The van der Waals surface area contributed by atoms with Gasteiger partial charge < -0.3 is 15.5 Å². The van der Waals surface area contributed by atoms with Gasteiger partial charge in [-0.05, 0) is 31.0 Å². The minimum atomic E-state index is 0.532. The van der Waals surface area contributed by atoms with Crippen molar-refractivity contribution < 1.29 is 0 Å². The fourth-order valence-electron chi connectivity index (χ4n) is 2.79. The van der Waals surface area contributed by atoms with E-state index in [2.05, 4.69) is 49.0 Å². The lowest BCUT2D eigenvalue weighted by molar-refractivity contribution is 0.566. The van der Waals surface area contributed by atoms with E-state index >= 15 is 0 Å². The second-order valence-electron chi connectivity index (χ2n) is 4.86.